The van der Waals surface area contributed by atoms with Gasteiger partial charge in [-0.3, -0.25) is 0 Å². The monoisotopic (exact) mass is 419 g/mol. The van der Waals surface area contributed by atoms with Crippen molar-refractivity contribution in [1.82, 2.24) is 9.78 Å². The number of fused-ring (bicyclic) bond motifs is 1. The van der Waals surface area contributed by atoms with E-state index in [0.29, 0.717) is 16.6 Å². The number of nitrogen functional groups attached to an aromatic ring is 1. The van der Waals surface area contributed by atoms with Crippen LogP contribution >= 0.6 is 0 Å². The van der Waals surface area contributed by atoms with E-state index in [1.54, 1.807) is 12.1 Å². The van der Waals surface area contributed by atoms with Gasteiger partial charge in [0.1, 0.15) is 5.54 Å². The third-order valence-corrected chi connectivity index (χ3v) is 5.80. The van der Waals surface area contributed by atoms with Crippen molar-refractivity contribution in [2.75, 3.05) is 5.73 Å². The standard InChI is InChI=1S/C27H21N3O2/c28-22-16-17-24-23(18-22)25(26(31)32)29-30(24)27(19-10-4-1-5-11-19,20-12-6-2-7-13-20)21-14-8-3-9-15-21/h1-18H,28H2,(H,31,32). The SMILES string of the molecule is Nc1ccc2c(c1)c(C(=O)O)nn2C(c1ccccc1)(c1ccccc1)c1ccccc1. The predicted octanol–water partition coefficient (Wildman–Crippen LogP) is 5.16. The summed E-state index contributed by atoms with van der Waals surface area (Å²) >= 11 is 0. The van der Waals surface area contributed by atoms with Crippen LogP contribution in [0.25, 0.3) is 10.9 Å². The quantitative estimate of drug-likeness (QED) is 0.305. The van der Waals surface area contributed by atoms with Gasteiger partial charge in [0.05, 0.1) is 5.52 Å². The number of hydrogen-bond donors (Lipinski definition) is 2. The summed E-state index contributed by atoms with van der Waals surface area (Å²) in [5, 5.41) is 15.1. The predicted molar refractivity (Wildman–Crippen MR) is 126 cm³/mol. The molecule has 4 aromatic carbocycles. The zero-order valence-corrected chi connectivity index (χ0v) is 17.2. The molecule has 5 aromatic rings. The van der Waals surface area contributed by atoms with Crippen molar-refractivity contribution in [3.63, 3.8) is 0 Å². The minimum Gasteiger partial charge on any atom is -0.476 e. The molecule has 0 saturated heterocycles. The molecule has 1 heterocycles. The van der Waals surface area contributed by atoms with Crippen molar-refractivity contribution in [3.8, 4) is 0 Å². The molecule has 0 radical (unpaired) electrons. The van der Waals surface area contributed by atoms with Gasteiger partial charge in [-0.05, 0) is 34.9 Å². The van der Waals surface area contributed by atoms with Crippen LogP contribution in [0.1, 0.15) is 27.2 Å². The van der Waals surface area contributed by atoms with E-state index in [1.165, 1.54) is 0 Å². The van der Waals surface area contributed by atoms with E-state index in [-0.39, 0.29) is 5.69 Å². The summed E-state index contributed by atoms with van der Waals surface area (Å²) in [6.07, 6.45) is 0. The molecule has 0 saturated carbocycles. The van der Waals surface area contributed by atoms with E-state index in [9.17, 15) is 9.90 Å². The summed E-state index contributed by atoms with van der Waals surface area (Å²) in [4.78, 5) is 12.2. The van der Waals surface area contributed by atoms with Crippen LogP contribution in [-0.2, 0) is 5.54 Å². The van der Waals surface area contributed by atoms with Crippen LogP contribution in [0.3, 0.4) is 0 Å². The normalized spacial score (nSPS) is 11.5. The molecule has 0 atom stereocenters. The van der Waals surface area contributed by atoms with Crippen molar-refractivity contribution < 1.29 is 9.90 Å². The van der Waals surface area contributed by atoms with Gasteiger partial charge in [0.15, 0.2) is 5.69 Å². The van der Waals surface area contributed by atoms with Gasteiger partial charge in [0.25, 0.3) is 0 Å². The number of carboxylic acids is 1. The molecule has 0 bridgehead atoms. The van der Waals surface area contributed by atoms with E-state index in [0.717, 1.165) is 16.7 Å². The Morgan fingerprint density at radius 1 is 0.750 bits per heavy atom. The Labute approximate surface area is 185 Å². The molecule has 5 nitrogen and oxygen atoms in total. The number of carbonyl (C=O) groups is 1. The molecule has 0 aliphatic heterocycles. The molecule has 0 spiro atoms. The van der Waals surface area contributed by atoms with Gasteiger partial charge < -0.3 is 10.8 Å². The molecule has 5 rings (SSSR count). The Morgan fingerprint density at radius 2 is 1.22 bits per heavy atom. The number of rotatable bonds is 5. The first-order valence-electron chi connectivity index (χ1n) is 10.3. The van der Waals surface area contributed by atoms with Gasteiger partial charge >= 0.3 is 5.97 Å². The lowest BCUT2D eigenvalue weighted by atomic mass is 9.77. The number of nitrogens with two attached hydrogens (primary N) is 1. The first-order chi connectivity index (χ1) is 15.6. The van der Waals surface area contributed by atoms with Crippen LogP contribution in [0.4, 0.5) is 5.69 Å². The van der Waals surface area contributed by atoms with E-state index >= 15 is 0 Å². The van der Waals surface area contributed by atoms with Crippen LogP contribution in [0.15, 0.2) is 109 Å². The zero-order chi connectivity index (χ0) is 22.1. The fourth-order valence-electron chi connectivity index (χ4n) is 4.45. The maximum atomic E-state index is 12.2. The minimum absolute atomic E-state index is 0.0283. The van der Waals surface area contributed by atoms with Crippen molar-refractivity contribution in [1.29, 1.82) is 0 Å². The van der Waals surface area contributed by atoms with Crippen LogP contribution in [0, 0.1) is 0 Å². The van der Waals surface area contributed by atoms with Gasteiger partial charge in [-0.1, -0.05) is 91.0 Å². The maximum absolute atomic E-state index is 12.2. The minimum atomic E-state index is -1.09. The fraction of sp³-hybridized carbons (Fsp3) is 0.0370. The second kappa shape index (κ2) is 7.71. The lowest BCUT2D eigenvalue weighted by Gasteiger charge is -2.37. The third kappa shape index (κ3) is 2.94. The third-order valence-electron chi connectivity index (χ3n) is 5.80. The molecule has 0 amide bonds. The van der Waals surface area contributed by atoms with Crippen molar-refractivity contribution in [2.45, 2.75) is 5.54 Å². The Balaban J connectivity index is 2.00. The molecular weight excluding hydrogens is 398 g/mol. The smallest absolute Gasteiger partial charge is 0.357 e. The number of hydrogen-bond acceptors (Lipinski definition) is 3. The Morgan fingerprint density at radius 3 is 1.66 bits per heavy atom. The molecule has 1 aromatic heterocycles. The second-order valence-corrected chi connectivity index (χ2v) is 7.65. The summed E-state index contributed by atoms with van der Waals surface area (Å²) < 4.78 is 1.82. The molecule has 0 unspecified atom stereocenters. The number of anilines is 1. The number of aromatic nitrogens is 2. The van der Waals surface area contributed by atoms with Crippen LogP contribution < -0.4 is 5.73 Å². The van der Waals surface area contributed by atoms with Crippen LogP contribution in [-0.4, -0.2) is 20.9 Å². The average molecular weight is 419 g/mol. The maximum Gasteiger partial charge on any atom is 0.357 e. The largest absolute Gasteiger partial charge is 0.476 e. The highest BCUT2D eigenvalue weighted by molar-refractivity contribution is 6.02. The van der Waals surface area contributed by atoms with Gasteiger partial charge in [-0.15, -0.1) is 0 Å². The Bertz CT molecular complexity index is 1300. The molecule has 32 heavy (non-hydrogen) atoms. The molecule has 156 valence electrons. The summed E-state index contributed by atoms with van der Waals surface area (Å²) in [5.74, 6) is -1.09. The molecule has 0 aliphatic carbocycles. The molecule has 5 heteroatoms. The lowest BCUT2D eigenvalue weighted by Crippen LogP contribution is -2.38. The molecule has 3 N–H and O–H groups in total. The van der Waals surface area contributed by atoms with Crippen LogP contribution in [0.5, 0.6) is 0 Å². The number of carboxylic acid groups (broad SMARTS) is 1. The summed E-state index contributed by atoms with van der Waals surface area (Å²) in [6.45, 7) is 0. The van der Waals surface area contributed by atoms with E-state index in [4.69, 9.17) is 10.8 Å². The van der Waals surface area contributed by atoms with Gasteiger partial charge in [0.2, 0.25) is 0 Å². The van der Waals surface area contributed by atoms with E-state index < -0.39 is 11.5 Å². The summed E-state index contributed by atoms with van der Waals surface area (Å²) in [7, 11) is 0. The van der Waals surface area contributed by atoms with Crippen molar-refractivity contribution >= 4 is 22.6 Å². The number of aromatic carboxylic acids is 1. The highest BCUT2D eigenvalue weighted by atomic mass is 16.4. The van der Waals surface area contributed by atoms with Gasteiger partial charge in [-0.25, -0.2) is 9.48 Å². The van der Waals surface area contributed by atoms with Gasteiger partial charge in [0, 0.05) is 11.1 Å². The molecule has 0 fully saturated rings. The Hall–Kier alpha value is -4.38. The first-order valence-corrected chi connectivity index (χ1v) is 10.3. The Kier molecular flexibility index (Phi) is 4.71. The molecular formula is C27H21N3O2. The summed E-state index contributed by atoms with van der Waals surface area (Å²) in [6, 6.07) is 35.4. The zero-order valence-electron chi connectivity index (χ0n) is 17.2. The topological polar surface area (TPSA) is 81.1 Å². The fourth-order valence-corrected chi connectivity index (χ4v) is 4.45. The average Bonchev–Trinajstić information content (AvgIpc) is 3.21. The number of nitrogens with zero attached hydrogens (tertiary/aromatic N) is 2. The highest BCUT2D eigenvalue weighted by Crippen LogP contribution is 2.42. The number of benzene rings is 4. The second-order valence-electron chi connectivity index (χ2n) is 7.65. The van der Waals surface area contributed by atoms with E-state index in [2.05, 4.69) is 0 Å². The van der Waals surface area contributed by atoms with E-state index in [1.807, 2.05) is 102 Å². The molecule has 0 aliphatic rings. The van der Waals surface area contributed by atoms with Gasteiger partial charge in [-0.2, -0.15) is 5.10 Å². The van der Waals surface area contributed by atoms with Crippen molar-refractivity contribution in [2.24, 2.45) is 0 Å². The van der Waals surface area contributed by atoms with Crippen molar-refractivity contribution in [3.05, 3.63) is 132 Å². The lowest BCUT2D eigenvalue weighted by molar-refractivity contribution is 0.0691. The summed E-state index contributed by atoms with van der Waals surface area (Å²) in [5.41, 5.74) is 9.17. The first kappa shape index (κ1) is 19.6. The van der Waals surface area contributed by atoms with Crippen LogP contribution in [0.2, 0.25) is 0 Å². The highest BCUT2D eigenvalue weighted by Gasteiger charge is 2.41.